The quantitative estimate of drug-likeness (QED) is 0.831. The lowest BCUT2D eigenvalue weighted by atomic mass is 10.2. The van der Waals surface area contributed by atoms with Crippen LogP contribution in [0.4, 0.5) is 0 Å². The van der Waals surface area contributed by atoms with E-state index in [9.17, 15) is 0 Å². The third-order valence-corrected chi connectivity index (χ3v) is 2.90. The van der Waals surface area contributed by atoms with Crippen molar-refractivity contribution < 1.29 is 4.74 Å². The Balaban J connectivity index is 1.83. The average Bonchev–Trinajstić information content (AvgIpc) is 2.88. The Morgan fingerprint density at radius 2 is 2.07 bits per heavy atom. The Kier molecular flexibility index (Phi) is 2.66. The maximum atomic E-state index is 5.94. The summed E-state index contributed by atoms with van der Waals surface area (Å²) in [5.74, 6) is 0.749. The summed E-state index contributed by atoms with van der Waals surface area (Å²) in [5, 5.41) is 0.661. The molecule has 0 amide bonds. The highest BCUT2D eigenvalue weighted by atomic mass is 35.5. The first kappa shape index (κ1) is 9.81. The van der Waals surface area contributed by atoms with Gasteiger partial charge < -0.3 is 10.5 Å². The molecule has 1 aliphatic rings. The molecule has 0 heterocycles. The van der Waals surface area contributed by atoms with Crippen molar-refractivity contribution in [3.05, 3.63) is 29.3 Å². The van der Waals surface area contributed by atoms with E-state index in [2.05, 4.69) is 0 Å². The van der Waals surface area contributed by atoms with Gasteiger partial charge >= 0.3 is 0 Å². The zero-order valence-corrected chi connectivity index (χ0v) is 8.76. The van der Waals surface area contributed by atoms with Gasteiger partial charge in [-0.25, -0.2) is 0 Å². The van der Waals surface area contributed by atoms with Gasteiger partial charge in [0.25, 0.3) is 0 Å². The first-order valence-corrected chi connectivity index (χ1v) is 5.24. The van der Waals surface area contributed by atoms with Gasteiger partial charge in [-0.1, -0.05) is 23.7 Å². The highest BCUT2D eigenvalue weighted by Crippen LogP contribution is 2.35. The van der Waals surface area contributed by atoms with Gasteiger partial charge in [0.15, 0.2) is 0 Å². The van der Waals surface area contributed by atoms with Crippen LogP contribution in [0.2, 0.25) is 5.02 Å². The number of rotatable bonds is 4. The van der Waals surface area contributed by atoms with E-state index in [-0.39, 0.29) is 5.54 Å². The van der Waals surface area contributed by atoms with Crippen LogP contribution >= 0.6 is 11.6 Å². The minimum atomic E-state index is 0.0568. The maximum absolute atomic E-state index is 5.94. The number of halogens is 1. The molecule has 0 spiro atoms. The van der Waals surface area contributed by atoms with E-state index in [1.54, 1.807) is 0 Å². The van der Waals surface area contributed by atoms with E-state index in [4.69, 9.17) is 22.1 Å². The Morgan fingerprint density at radius 3 is 2.71 bits per heavy atom. The molecule has 0 radical (unpaired) electrons. The smallest absolute Gasteiger partial charge is 0.137 e. The Labute approximate surface area is 89.0 Å². The normalized spacial score (nSPS) is 17.9. The zero-order valence-electron chi connectivity index (χ0n) is 8.00. The van der Waals surface area contributed by atoms with E-state index in [1.807, 2.05) is 24.3 Å². The van der Waals surface area contributed by atoms with E-state index >= 15 is 0 Å². The number of nitrogens with two attached hydrogens (primary N) is 1. The van der Waals surface area contributed by atoms with Crippen LogP contribution in [0.1, 0.15) is 19.3 Å². The number of para-hydroxylation sites is 1. The molecule has 1 aromatic rings. The molecule has 0 unspecified atom stereocenters. The van der Waals surface area contributed by atoms with Crippen molar-refractivity contribution in [1.82, 2.24) is 0 Å². The van der Waals surface area contributed by atoms with Gasteiger partial charge in [0.2, 0.25) is 0 Å². The molecule has 2 N–H and O–H groups in total. The number of benzene rings is 1. The molecular formula is C11H14ClNO. The molecule has 3 heteroatoms. The molecule has 2 nitrogen and oxygen atoms in total. The van der Waals surface area contributed by atoms with Crippen LogP contribution in [-0.2, 0) is 0 Å². The molecule has 1 aliphatic carbocycles. The summed E-state index contributed by atoms with van der Waals surface area (Å²) in [6.07, 6.45) is 3.16. The van der Waals surface area contributed by atoms with E-state index in [1.165, 1.54) is 0 Å². The lowest BCUT2D eigenvalue weighted by Gasteiger charge is -2.10. The molecular weight excluding hydrogens is 198 g/mol. The topological polar surface area (TPSA) is 35.2 Å². The van der Waals surface area contributed by atoms with Gasteiger partial charge in [0.05, 0.1) is 11.6 Å². The van der Waals surface area contributed by atoms with Crippen LogP contribution in [0.15, 0.2) is 24.3 Å². The van der Waals surface area contributed by atoms with Crippen molar-refractivity contribution in [2.24, 2.45) is 5.73 Å². The maximum Gasteiger partial charge on any atom is 0.137 e. The second-order valence-electron chi connectivity index (χ2n) is 3.89. The number of hydrogen-bond donors (Lipinski definition) is 1. The zero-order chi connectivity index (χ0) is 10.0. The summed E-state index contributed by atoms with van der Waals surface area (Å²) in [4.78, 5) is 0. The monoisotopic (exact) mass is 211 g/mol. The SMILES string of the molecule is NC1(CCOc2ccccc2Cl)CC1. The van der Waals surface area contributed by atoms with Crippen molar-refractivity contribution in [2.75, 3.05) is 6.61 Å². The largest absolute Gasteiger partial charge is 0.492 e. The van der Waals surface area contributed by atoms with Crippen LogP contribution in [0.5, 0.6) is 5.75 Å². The van der Waals surface area contributed by atoms with Crippen LogP contribution in [0.3, 0.4) is 0 Å². The third-order valence-electron chi connectivity index (χ3n) is 2.59. The molecule has 1 aromatic carbocycles. The van der Waals surface area contributed by atoms with Crippen molar-refractivity contribution in [1.29, 1.82) is 0 Å². The predicted molar refractivity (Wildman–Crippen MR) is 57.7 cm³/mol. The van der Waals surface area contributed by atoms with Crippen molar-refractivity contribution in [3.8, 4) is 5.75 Å². The van der Waals surface area contributed by atoms with Gasteiger partial charge in [0, 0.05) is 5.54 Å². The van der Waals surface area contributed by atoms with E-state index in [0.717, 1.165) is 25.0 Å². The fraction of sp³-hybridized carbons (Fsp3) is 0.455. The van der Waals surface area contributed by atoms with E-state index < -0.39 is 0 Å². The Hall–Kier alpha value is -0.730. The minimum absolute atomic E-state index is 0.0568. The van der Waals surface area contributed by atoms with Crippen molar-refractivity contribution in [2.45, 2.75) is 24.8 Å². The van der Waals surface area contributed by atoms with Gasteiger partial charge in [-0.2, -0.15) is 0 Å². The highest BCUT2D eigenvalue weighted by Gasteiger charge is 2.37. The van der Waals surface area contributed by atoms with Gasteiger partial charge in [-0.05, 0) is 31.4 Å². The van der Waals surface area contributed by atoms with Crippen molar-refractivity contribution in [3.63, 3.8) is 0 Å². The molecule has 0 atom stereocenters. The minimum Gasteiger partial charge on any atom is -0.492 e. The number of hydrogen-bond acceptors (Lipinski definition) is 2. The lowest BCUT2D eigenvalue weighted by Crippen LogP contribution is -2.24. The van der Waals surface area contributed by atoms with Crippen molar-refractivity contribution >= 4 is 11.6 Å². The van der Waals surface area contributed by atoms with E-state index in [0.29, 0.717) is 11.6 Å². The summed E-state index contributed by atoms with van der Waals surface area (Å²) in [5.41, 5.74) is 5.99. The molecule has 0 aliphatic heterocycles. The Morgan fingerprint density at radius 1 is 1.36 bits per heavy atom. The molecule has 14 heavy (non-hydrogen) atoms. The van der Waals surface area contributed by atoms with Crippen LogP contribution in [0, 0.1) is 0 Å². The van der Waals surface area contributed by atoms with Crippen LogP contribution < -0.4 is 10.5 Å². The molecule has 1 fully saturated rings. The molecule has 0 bridgehead atoms. The van der Waals surface area contributed by atoms with Gasteiger partial charge in [0.1, 0.15) is 5.75 Å². The summed E-state index contributed by atoms with van der Waals surface area (Å²) in [6.45, 7) is 0.653. The average molecular weight is 212 g/mol. The summed E-state index contributed by atoms with van der Waals surface area (Å²) in [7, 11) is 0. The molecule has 2 rings (SSSR count). The second kappa shape index (κ2) is 3.79. The third kappa shape index (κ3) is 2.40. The van der Waals surface area contributed by atoms with Gasteiger partial charge in [-0.3, -0.25) is 0 Å². The highest BCUT2D eigenvalue weighted by molar-refractivity contribution is 6.32. The fourth-order valence-electron chi connectivity index (χ4n) is 1.34. The lowest BCUT2D eigenvalue weighted by molar-refractivity contribution is 0.294. The molecule has 0 saturated heterocycles. The molecule has 1 saturated carbocycles. The summed E-state index contributed by atoms with van der Waals surface area (Å²) >= 11 is 5.93. The fourth-order valence-corrected chi connectivity index (χ4v) is 1.53. The standard InChI is InChI=1S/C11H14ClNO/c12-9-3-1-2-4-10(9)14-8-7-11(13)5-6-11/h1-4H,5-8,13H2. The second-order valence-corrected chi connectivity index (χ2v) is 4.30. The molecule has 0 aromatic heterocycles. The number of ether oxygens (including phenoxy) is 1. The first-order chi connectivity index (χ1) is 6.70. The summed E-state index contributed by atoms with van der Waals surface area (Å²) in [6, 6.07) is 7.50. The molecule has 76 valence electrons. The predicted octanol–water partition coefficient (Wildman–Crippen LogP) is 2.60. The summed E-state index contributed by atoms with van der Waals surface area (Å²) < 4.78 is 5.54. The van der Waals surface area contributed by atoms with Crippen LogP contribution in [0.25, 0.3) is 0 Å². The van der Waals surface area contributed by atoms with Gasteiger partial charge in [-0.15, -0.1) is 0 Å². The first-order valence-electron chi connectivity index (χ1n) is 4.86. The Bertz CT molecular complexity index is 323. The van der Waals surface area contributed by atoms with Crippen LogP contribution in [-0.4, -0.2) is 12.1 Å².